The molecule has 0 saturated carbocycles. The van der Waals surface area contributed by atoms with Crippen molar-refractivity contribution in [2.24, 2.45) is 7.05 Å². The summed E-state index contributed by atoms with van der Waals surface area (Å²) in [5, 5.41) is 12.1. The maximum Gasteiger partial charge on any atom is 0.274 e. The molecular weight excluding hydrogens is 344 g/mol. The summed E-state index contributed by atoms with van der Waals surface area (Å²) in [6, 6.07) is 7.24. The lowest BCUT2D eigenvalue weighted by molar-refractivity contribution is 0.0410. The smallest absolute Gasteiger partial charge is 0.274 e. The molecule has 3 aromatic rings. The lowest BCUT2D eigenvalue weighted by Gasteiger charge is -2.39. The standard InChI is InChI=1S/C19H22N6O2/c1-12-8-17(22-23(12)3)19(27)25-7-6-24(11-13(25)2)18(26)14-4-5-16-15(9-14)10-20-21-16/h4-5,8-10,13H,6-7,11H2,1-3H3,(H,20,21)/t13-/m1/s1. The Labute approximate surface area is 156 Å². The first-order valence-electron chi connectivity index (χ1n) is 8.98. The number of nitrogens with zero attached hydrogens (tertiary/aromatic N) is 5. The highest BCUT2D eigenvalue weighted by molar-refractivity contribution is 5.98. The summed E-state index contributed by atoms with van der Waals surface area (Å²) in [5.41, 5.74) is 2.93. The highest BCUT2D eigenvalue weighted by Gasteiger charge is 2.31. The van der Waals surface area contributed by atoms with Crippen molar-refractivity contribution >= 4 is 22.7 Å². The van der Waals surface area contributed by atoms with Gasteiger partial charge in [-0.25, -0.2) is 0 Å². The average molecular weight is 366 g/mol. The minimum atomic E-state index is -0.0851. The number of aryl methyl sites for hydroxylation is 2. The lowest BCUT2D eigenvalue weighted by atomic mass is 10.1. The van der Waals surface area contributed by atoms with E-state index >= 15 is 0 Å². The minimum Gasteiger partial charge on any atom is -0.335 e. The van der Waals surface area contributed by atoms with Crippen LogP contribution in [0.5, 0.6) is 0 Å². The van der Waals surface area contributed by atoms with Crippen molar-refractivity contribution in [2.75, 3.05) is 19.6 Å². The molecule has 0 bridgehead atoms. The molecule has 1 N–H and O–H groups in total. The van der Waals surface area contributed by atoms with Gasteiger partial charge in [0.2, 0.25) is 0 Å². The molecule has 0 unspecified atom stereocenters. The number of rotatable bonds is 2. The SMILES string of the molecule is Cc1cc(C(=O)N2CCN(C(=O)c3ccc4[nH]ncc4c3)C[C@H]2C)nn1C. The van der Waals surface area contributed by atoms with Gasteiger partial charge in [0.05, 0.1) is 11.7 Å². The van der Waals surface area contributed by atoms with Crippen LogP contribution in [0.4, 0.5) is 0 Å². The number of hydrogen-bond donors (Lipinski definition) is 1. The normalized spacial score (nSPS) is 17.5. The summed E-state index contributed by atoms with van der Waals surface area (Å²) < 4.78 is 1.70. The molecule has 1 saturated heterocycles. The number of H-pyrrole nitrogens is 1. The number of aromatic nitrogens is 4. The molecule has 27 heavy (non-hydrogen) atoms. The molecule has 1 aromatic carbocycles. The number of fused-ring (bicyclic) bond motifs is 1. The van der Waals surface area contributed by atoms with Gasteiger partial charge in [-0.15, -0.1) is 0 Å². The second kappa shape index (κ2) is 6.53. The van der Waals surface area contributed by atoms with Crippen molar-refractivity contribution in [1.29, 1.82) is 0 Å². The fourth-order valence-corrected chi connectivity index (χ4v) is 3.51. The maximum absolute atomic E-state index is 12.9. The molecule has 1 aliphatic rings. The number of carbonyl (C=O) groups is 2. The molecule has 2 amide bonds. The Morgan fingerprint density at radius 1 is 1.19 bits per heavy atom. The number of amides is 2. The Kier molecular flexibility index (Phi) is 4.18. The van der Waals surface area contributed by atoms with Crippen LogP contribution >= 0.6 is 0 Å². The van der Waals surface area contributed by atoms with Crippen molar-refractivity contribution < 1.29 is 9.59 Å². The summed E-state index contributed by atoms with van der Waals surface area (Å²) in [7, 11) is 1.82. The first-order valence-corrected chi connectivity index (χ1v) is 8.98. The first-order chi connectivity index (χ1) is 12.9. The Morgan fingerprint density at radius 3 is 2.70 bits per heavy atom. The fraction of sp³-hybridized carbons (Fsp3) is 0.368. The second-order valence-electron chi connectivity index (χ2n) is 7.07. The van der Waals surface area contributed by atoms with Crippen LogP contribution in [0.2, 0.25) is 0 Å². The largest absolute Gasteiger partial charge is 0.335 e. The van der Waals surface area contributed by atoms with Crippen molar-refractivity contribution in [3.05, 3.63) is 47.4 Å². The van der Waals surface area contributed by atoms with E-state index in [2.05, 4.69) is 15.3 Å². The monoisotopic (exact) mass is 366 g/mol. The number of hydrogen-bond acceptors (Lipinski definition) is 4. The zero-order chi connectivity index (χ0) is 19.1. The van der Waals surface area contributed by atoms with Gasteiger partial charge in [0.15, 0.2) is 5.69 Å². The summed E-state index contributed by atoms with van der Waals surface area (Å²) in [4.78, 5) is 29.3. The van der Waals surface area contributed by atoms with Gasteiger partial charge in [0, 0.05) is 49.4 Å². The van der Waals surface area contributed by atoms with Crippen LogP contribution in [-0.2, 0) is 7.05 Å². The van der Waals surface area contributed by atoms with E-state index in [0.717, 1.165) is 16.6 Å². The van der Waals surface area contributed by atoms with E-state index in [1.807, 2.05) is 39.1 Å². The second-order valence-corrected chi connectivity index (χ2v) is 7.07. The number of nitrogens with one attached hydrogen (secondary N) is 1. The minimum absolute atomic E-state index is 0.0225. The zero-order valence-corrected chi connectivity index (χ0v) is 15.6. The van der Waals surface area contributed by atoms with Crippen molar-refractivity contribution in [2.45, 2.75) is 19.9 Å². The molecule has 2 aromatic heterocycles. The highest BCUT2D eigenvalue weighted by Crippen LogP contribution is 2.18. The van der Waals surface area contributed by atoms with Crippen LogP contribution in [0, 0.1) is 6.92 Å². The van der Waals surface area contributed by atoms with E-state index in [0.29, 0.717) is 30.9 Å². The summed E-state index contributed by atoms with van der Waals surface area (Å²) in [6.45, 7) is 5.38. The molecule has 1 atom stereocenters. The van der Waals surface area contributed by atoms with Gasteiger partial charge in [-0.05, 0) is 38.1 Å². The van der Waals surface area contributed by atoms with Crippen LogP contribution in [0.25, 0.3) is 10.9 Å². The van der Waals surface area contributed by atoms with Gasteiger partial charge >= 0.3 is 0 Å². The van der Waals surface area contributed by atoms with Crippen LogP contribution in [0.3, 0.4) is 0 Å². The molecule has 4 rings (SSSR count). The van der Waals surface area contributed by atoms with E-state index < -0.39 is 0 Å². The number of aromatic amines is 1. The molecule has 0 aliphatic carbocycles. The fourth-order valence-electron chi connectivity index (χ4n) is 3.51. The quantitative estimate of drug-likeness (QED) is 0.746. The van der Waals surface area contributed by atoms with E-state index in [4.69, 9.17) is 0 Å². The molecule has 1 fully saturated rings. The van der Waals surface area contributed by atoms with Gasteiger partial charge < -0.3 is 9.80 Å². The Bertz CT molecular complexity index is 1000. The summed E-state index contributed by atoms with van der Waals surface area (Å²) in [5.74, 6) is -0.108. The van der Waals surface area contributed by atoms with E-state index in [1.54, 1.807) is 26.7 Å². The molecule has 0 radical (unpaired) electrons. The third kappa shape index (κ3) is 3.07. The first kappa shape index (κ1) is 17.3. The van der Waals surface area contributed by atoms with Crippen LogP contribution < -0.4 is 0 Å². The van der Waals surface area contributed by atoms with E-state index in [-0.39, 0.29) is 17.9 Å². The number of carbonyl (C=O) groups excluding carboxylic acids is 2. The van der Waals surface area contributed by atoms with Crippen molar-refractivity contribution in [1.82, 2.24) is 29.8 Å². The predicted octanol–water partition coefficient (Wildman–Crippen LogP) is 1.59. The van der Waals surface area contributed by atoms with Crippen LogP contribution in [0.1, 0.15) is 33.5 Å². The maximum atomic E-state index is 12.9. The van der Waals surface area contributed by atoms with Gasteiger partial charge in [0.25, 0.3) is 11.8 Å². The molecule has 140 valence electrons. The van der Waals surface area contributed by atoms with Gasteiger partial charge in [-0.1, -0.05) is 0 Å². The number of benzene rings is 1. The summed E-state index contributed by atoms with van der Waals surface area (Å²) in [6.07, 6.45) is 1.71. The molecule has 1 aliphatic heterocycles. The van der Waals surface area contributed by atoms with Gasteiger partial charge in [-0.2, -0.15) is 10.2 Å². The molecular formula is C19H22N6O2. The number of piperazine rings is 1. The average Bonchev–Trinajstić information content (AvgIpc) is 3.26. The lowest BCUT2D eigenvalue weighted by Crippen LogP contribution is -2.55. The molecule has 3 heterocycles. The topological polar surface area (TPSA) is 87.1 Å². The van der Waals surface area contributed by atoms with E-state index in [9.17, 15) is 9.59 Å². The van der Waals surface area contributed by atoms with E-state index in [1.165, 1.54) is 0 Å². The molecule has 8 nitrogen and oxygen atoms in total. The molecule has 8 heteroatoms. The Morgan fingerprint density at radius 2 is 2.00 bits per heavy atom. The van der Waals surface area contributed by atoms with Crippen molar-refractivity contribution in [3.8, 4) is 0 Å². The Balaban J connectivity index is 1.47. The Hall–Kier alpha value is -3.16. The third-order valence-corrected chi connectivity index (χ3v) is 5.20. The molecule has 0 spiro atoms. The zero-order valence-electron chi connectivity index (χ0n) is 15.6. The third-order valence-electron chi connectivity index (χ3n) is 5.20. The van der Waals surface area contributed by atoms with Crippen molar-refractivity contribution in [3.63, 3.8) is 0 Å². The van der Waals surface area contributed by atoms with Gasteiger partial charge in [0.1, 0.15) is 0 Å². The van der Waals surface area contributed by atoms with Crippen LogP contribution in [0.15, 0.2) is 30.5 Å². The van der Waals surface area contributed by atoms with Crippen LogP contribution in [-0.4, -0.2) is 67.3 Å². The summed E-state index contributed by atoms with van der Waals surface area (Å²) >= 11 is 0. The van der Waals surface area contributed by atoms with Gasteiger partial charge in [-0.3, -0.25) is 19.4 Å². The highest BCUT2D eigenvalue weighted by atomic mass is 16.2. The predicted molar refractivity (Wildman–Crippen MR) is 100 cm³/mol.